The highest BCUT2D eigenvalue weighted by atomic mass is 32.1. The standard InChI is InChI=1S/C14H19N3OS/c1-4-15-14-17-16-13(19-14)9-18-12-7-5-11(6-8-12)10(2)3/h5-8,10H,4,9H2,1-3H3,(H,15,17). The van der Waals surface area contributed by atoms with Crippen molar-refractivity contribution >= 4 is 16.5 Å². The van der Waals surface area contributed by atoms with E-state index in [1.807, 2.05) is 19.1 Å². The fraction of sp³-hybridized carbons (Fsp3) is 0.429. The zero-order valence-corrected chi connectivity index (χ0v) is 12.3. The molecule has 0 radical (unpaired) electrons. The molecule has 0 fully saturated rings. The predicted octanol–water partition coefficient (Wildman–Crippen LogP) is 3.67. The molecule has 0 saturated heterocycles. The third kappa shape index (κ3) is 3.92. The van der Waals surface area contributed by atoms with Gasteiger partial charge in [0.2, 0.25) is 5.13 Å². The average Bonchev–Trinajstić information content (AvgIpc) is 2.85. The lowest BCUT2D eigenvalue weighted by molar-refractivity contribution is 0.304. The highest BCUT2D eigenvalue weighted by Crippen LogP contribution is 2.21. The maximum absolute atomic E-state index is 5.70. The molecule has 1 N–H and O–H groups in total. The van der Waals surface area contributed by atoms with Gasteiger partial charge < -0.3 is 10.1 Å². The molecule has 2 aromatic rings. The van der Waals surface area contributed by atoms with Crippen molar-refractivity contribution in [3.8, 4) is 5.75 Å². The molecule has 102 valence electrons. The van der Waals surface area contributed by atoms with Crippen LogP contribution in [0.4, 0.5) is 5.13 Å². The number of rotatable bonds is 6. The van der Waals surface area contributed by atoms with E-state index in [1.165, 1.54) is 16.9 Å². The first-order valence-electron chi connectivity index (χ1n) is 6.48. The van der Waals surface area contributed by atoms with Gasteiger partial charge in [0, 0.05) is 6.54 Å². The predicted molar refractivity (Wildman–Crippen MR) is 78.9 cm³/mol. The van der Waals surface area contributed by atoms with Gasteiger partial charge in [-0.1, -0.05) is 37.3 Å². The summed E-state index contributed by atoms with van der Waals surface area (Å²) in [6.07, 6.45) is 0. The molecule has 0 atom stereocenters. The molecule has 5 heteroatoms. The normalized spacial score (nSPS) is 10.7. The van der Waals surface area contributed by atoms with Crippen LogP contribution in [-0.4, -0.2) is 16.7 Å². The summed E-state index contributed by atoms with van der Waals surface area (Å²) in [4.78, 5) is 0. The first kappa shape index (κ1) is 13.8. The topological polar surface area (TPSA) is 47.0 Å². The number of benzene rings is 1. The lowest BCUT2D eigenvalue weighted by Crippen LogP contribution is -1.95. The Morgan fingerprint density at radius 2 is 1.95 bits per heavy atom. The van der Waals surface area contributed by atoms with Gasteiger partial charge in [0.15, 0.2) is 5.01 Å². The van der Waals surface area contributed by atoms with Crippen LogP contribution in [0.3, 0.4) is 0 Å². The quantitative estimate of drug-likeness (QED) is 0.875. The molecule has 0 spiro atoms. The van der Waals surface area contributed by atoms with Crippen molar-refractivity contribution in [2.24, 2.45) is 0 Å². The summed E-state index contributed by atoms with van der Waals surface area (Å²) in [6, 6.07) is 8.21. The van der Waals surface area contributed by atoms with Crippen LogP contribution in [0.2, 0.25) is 0 Å². The Bertz CT molecular complexity index is 508. The molecule has 4 nitrogen and oxygen atoms in total. The molecule has 1 heterocycles. The van der Waals surface area contributed by atoms with Gasteiger partial charge in [-0.3, -0.25) is 0 Å². The van der Waals surface area contributed by atoms with Crippen molar-refractivity contribution in [3.05, 3.63) is 34.8 Å². The summed E-state index contributed by atoms with van der Waals surface area (Å²) in [6.45, 7) is 7.71. The van der Waals surface area contributed by atoms with Gasteiger partial charge in [-0.15, -0.1) is 10.2 Å². The second-order valence-corrected chi connectivity index (χ2v) is 5.61. The molecule has 2 rings (SSSR count). The van der Waals surface area contributed by atoms with E-state index in [4.69, 9.17) is 4.74 Å². The van der Waals surface area contributed by atoms with E-state index in [9.17, 15) is 0 Å². The third-order valence-electron chi connectivity index (χ3n) is 2.70. The Morgan fingerprint density at radius 3 is 2.58 bits per heavy atom. The number of hydrogen-bond donors (Lipinski definition) is 1. The summed E-state index contributed by atoms with van der Waals surface area (Å²) in [5.41, 5.74) is 1.32. The zero-order valence-electron chi connectivity index (χ0n) is 11.5. The first-order valence-corrected chi connectivity index (χ1v) is 7.29. The fourth-order valence-electron chi connectivity index (χ4n) is 1.63. The van der Waals surface area contributed by atoms with E-state index in [1.54, 1.807) is 0 Å². The van der Waals surface area contributed by atoms with E-state index < -0.39 is 0 Å². The highest BCUT2D eigenvalue weighted by molar-refractivity contribution is 7.15. The monoisotopic (exact) mass is 277 g/mol. The van der Waals surface area contributed by atoms with Gasteiger partial charge >= 0.3 is 0 Å². The van der Waals surface area contributed by atoms with Crippen LogP contribution in [0.5, 0.6) is 5.75 Å². The minimum absolute atomic E-state index is 0.462. The number of anilines is 1. The molecule has 1 aromatic heterocycles. The van der Waals surface area contributed by atoms with Crippen LogP contribution in [-0.2, 0) is 6.61 Å². The largest absolute Gasteiger partial charge is 0.486 e. The molecule has 0 amide bonds. The average molecular weight is 277 g/mol. The maximum atomic E-state index is 5.70. The van der Waals surface area contributed by atoms with Crippen molar-refractivity contribution in [3.63, 3.8) is 0 Å². The van der Waals surface area contributed by atoms with Gasteiger partial charge in [0.05, 0.1) is 0 Å². The van der Waals surface area contributed by atoms with Gasteiger partial charge in [-0.25, -0.2) is 0 Å². The van der Waals surface area contributed by atoms with Gasteiger partial charge in [-0.2, -0.15) is 0 Å². The van der Waals surface area contributed by atoms with E-state index >= 15 is 0 Å². The minimum atomic E-state index is 0.462. The summed E-state index contributed by atoms with van der Waals surface area (Å²) in [5.74, 6) is 1.41. The molecule has 0 aliphatic carbocycles. The third-order valence-corrected chi connectivity index (χ3v) is 3.56. The van der Waals surface area contributed by atoms with Crippen LogP contribution < -0.4 is 10.1 Å². The van der Waals surface area contributed by atoms with Crippen LogP contribution in [0, 0.1) is 0 Å². The van der Waals surface area contributed by atoms with E-state index in [0.717, 1.165) is 22.4 Å². The number of ether oxygens (including phenoxy) is 1. The molecule has 0 aliphatic rings. The highest BCUT2D eigenvalue weighted by Gasteiger charge is 2.04. The molecule has 0 aliphatic heterocycles. The summed E-state index contributed by atoms with van der Waals surface area (Å²) in [5, 5.41) is 13.0. The number of hydrogen-bond acceptors (Lipinski definition) is 5. The second kappa shape index (κ2) is 6.52. The Labute approximate surface area is 117 Å². The zero-order chi connectivity index (χ0) is 13.7. The van der Waals surface area contributed by atoms with Crippen LogP contribution in [0.25, 0.3) is 0 Å². The van der Waals surface area contributed by atoms with Gasteiger partial charge in [0.25, 0.3) is 0 Å². The molecular weight excluding hydrogens is 258 g/mol. The van der Waals surface area contributed by atoms with Crippen molar-refractivity contribution in [1.82, 2.24) is 10.2 Å². The molecule has 19 heavy (non-hydrogen) atoms. The Balaban J connectivity index is 1.90. The first-order chi connectivity index (χ1) is 9.19. The SMILES string of the molecule is CCNc1nnc(COc2ccc(C(C)C)cc2)s1. The molecule has 0 unspecified atom stereocenters. The van der Waals surface area contributed by atoms with Gasteiger partial charge in [-0.05, 0) is 30.5 Å². The van der Waals surface area contributed by atoms with E-state index in [-0.39, 0.29) is 0 Å². The van der Waals surface area contributed by atoms with Gasteiger partial charge in [0.1, 0.15) is 12.4 Å². The van der Waals surface area contributed by atoms with Crippen molar-refractivity contribution in [2.75, 3.05) is 11.9 Å². The smallest absolute Gasteiger partial charge is 0.205 e. The number of nitrogens with one attached hydrogen (secondary N) is 1. The lowest BCUT2D eigenvalue weighted by Gasteiger charge is -2.07. The second-order valence-electron chi connectivity index (χ2n) is 4.54. The minimum Gasteiger partial charge on any atom is -0.486 e. The Morgan fingerprint density at radius 1 is 1.21 bits per heavy atom. The molecule has 1 aromatic carbocycles. The molecule has 0 bridgehead atoms. The Kier molecular flexibility index (Phi) is 4.74. The van der Waals surface area contributed by atoms with Crippen LogP contribution in [0.15, 0.2) is 24.3 Å². The summed E-state index contributed by atoms with van der Waals surface area (Å²) >= 11 is 1.53. The summed E-state index contributed by atoms with van der Waals surface area (Å²) < 4.78 is 5.70. The van der Waals surface area contributed by atoms with Crippen molar-refractivity contribution < 1.29 is 4.74 Å². The number of aromatic nitrogens is 2. The van der Waals surface area contributed by atoms with E-state index in [0.29, 0.717) is 12.5 Å². The Hall–Kier alpha value is -1.62. The van der Waals surface area contributed by atoms with Crippen LogP contribution >= 0.6 is 11.3 Å². The van der Waals surface area contributed by atoms with Crippen molar-refractivity contribution in [2.45, 2.75) is 33.3 Å². The summed E-state index contributed by atoms with van der Waals surface area (Å²) in [7, 11) is 0. The van der Waals surface area contributed by atoms with E-state index in [2.05, 4.69) is 41.5 Å². The molecule has 0 saturated carbocycles. The maximum Gasteiger partial charge on any atom is 0.205 e. The lowest BCUT2D eigenvalue weighted by atomic mass is 10.0. The molecular formula is C14H19N3OS. The fourth-order valence-corrected chi connectivity index (χ4v) is 2.35. The van der Waals surface area contributed by atoms with Crippen molar-refractivity contribution in [1.29, 1.82) is 0 Å². The van der Waals surface area contributed by atoms with Crippen LogP contribution in [0.1, 0.15) is 37.3 Å². The number of nitrogens with zero attached hydrogens (tertiary/aromatic N) is 2.